The molecule has 0 aliphatic carbocycles. The van der Waals surface area contributed by atoms with Crippen molar-refractivity contribution in [1.82, 2.24) is 0 Å². The number of hydrogen-bond acceptors (Lipinski definition) is 4. The topological polar surface area (TPSA) is 46.6 Å². The van der Waals surface area contributed by atoms with E-state index in [1.807, 2.05) is 18.2 Å². The molecule has 25 heavy (non-hydrogen) atoms. The Kier molecular flexibility index (Phi) is 4.55. The SMILES string of the molecule is CCCCOc1c(C=C2N(CC)c3ccccc3C2(C)C)c(=O)c1=O. The van der Waals surface area contributed by atoms with Crippen LogP contribution in [0.1, 0.15) is 51.7 Å². The number of nitrogens with zero attached hydrogens (tertiary/aromatic N) is 1. The number of hydrogen-bond donors (Lipinski definition) is 0. The van der Waals surface area contributed by atoms with Crippen LogP contribution in [-0.2, 0) is 5.41 Å². The van der Waals surface area contributed by atoms with Gasteiger partial charge >= 0.3 is 0 Å². The molecule has 0 aromatic heterocycles. The van der Waals surface area contributed by atoms with Crippen LogP contribution in [0.2, 0.25) is 0 Å². The molecule has 1 aliphatic heterocycles. The lowest BCUT2D eigenvalue weighted by Crippen LogP contribution is -2.36. The Balaban J connectivity index is 2.04. The third-order valence-electron chi connectivity index (χ3n) is 5.04. The number of para-hydroxylation sites is 1. The van der Waals surface area contributed by atoms with Crippen LogP contribution in [0.4, 0.5) is 5.69 Å². The normalized spacial score (nSPS) is 17.3. The Hall–Kier alpha value is -2.36. The van der Waals surface area contributed by atoms with Gasteiger partial charge in [0.1, 0.15) is 0 Å². The first-order valence-electron chi connectivity index (χ1n) is 8.98. The summed E-state index contributed by atoms with van der Waals surface area (Å²) in [6.07, 6.45) is 3.71. The van der Waals surface area contributed by atoms with E-state index >= 15 is 0 Å². The van der Waals surface area contributed by atoms with Crippen LogP contribution < -0.4 is 20.5 Å². The van der Waals surface area contributed by atoms with Gasteiger partial charge in [0.2, 0.25) is 5.43 Å². The lowest BCUT2D eigenvalue weighted by atomic mass is 9.83. The Labute approximate surface area is 148 Å². The van der Waals surface area contributed by atoms with E-state index in [0.29, 0.717) is 12.2 Å². The molecule has 1 aliphatic rings. The first-order chi connectivity index (χ1) is 11.9. The van der Waals surface area contributed by atoms with E-state index in [-0.39, 0.29) is 11.2 Å². The minimum Gasteiger partial charge on any atom is -0.489 e. The second-order valence-corrected chi connectivity index (χ2v) is 7.02. The smallest absolute Gasteiger partial charge is 0.268 e. The van der Waals surface area contributed by atoms with Gasteiger partial charge in [-0.2, -0.15) is 0 Å². The maximum absolute atomic E-state index is 12.1. The third kappa shape index (κ3) is 2.70. The molecule has 3 rings (SSSR count). The largest absolute Gasteiger partial charge is 0.489 e. The van der Waals surface area contributed by atoms with Crippen LogP contribution in [0, 0.1) is 0 Å². The van der Waals surface area contributed by atoms with Crippen molar-refractivity contribution in [2.45, 2.75) is 46.0 Å². The number of fused-ring (bicyclic) bond motifs is 1. The Morgan fingerprint density at radius 2 is 1.84 bits per heavy atom. The molecule has 0 saturated heterocycles. The van der Waals surface area contributed by atoms with Crippen molar-refractivity contribution >= 4 is 11.8 Å². The van der Waals surface area contributed by atoms with E-state index in [9.17, 15) is 9.59 Å². The Bertz CT molecular complexity index is 885. The average molecular weight is 339 g/mol. The zero-order valence-electron chi connectivity index (χ0n) is 15.4. The standard InChI is InChI=1S/C21H25NO3/c1-5-7-12-25-20-14(18(23)19(20)24)13-17-21(3,4)15-10-8-9-11-16(15)22(17)6-2/h8-11,13H,5-7,12H2,1-4H3. The van der Waals surface area contributed by atoms with Gasteiger partial charge in [0.05, 0.1) is 12.2 Å². The second-order valence-electron chi connectivity index (χ2n) is 7.02. The predicted octanol–water partition coefficient (Wildman–Crippen LogP) is 3.62. The van der Waals surface area contributed by atoms with E-state index < -0.39 is 10.9 Å². The van der Waals surface area contributed by atoms with E-state index in [1.54, 1.807) is 0 Å². The Morgan fingerprint density at radius 1 is 1.12 bits per heavy atom. The van der Waals surface area contributed by atoms with Crippen molar-refractivity contribution in [3.8, 4) is 5.75 Å². The number of allylic oxidation sites excluding steroid dienone is 1. The van der Waals surface area contributed by atoms with Crippen molar-refractivity contribution in [3.05, 3.63) is 61.5 Å². The summed E-state index contributed by atoms with van der Waals surface area (Å²) in [6.45, 7) is 9.72. The maximum atomic E-state index is 12.1. The van der Waals surface area contributed by atoms with Gasteiger partial charge in [-0.15, -0.1) is 0 Å². The zero-order chi connectivity index (χ0) is 18.2. The lowest BCUT2D eigenvalue weighted by molar-refractivity contribution is 0.302. The number of rotatable bonds is 6. The monoisotopic (exact) mass is 339 g/mol. The number of anilines is 1. The molecule has 0 bridgehead atoms. The molecular weight excluding hydrogens is 314 g/mol. The quantitative estimate of drug-likeness (QED) is 0.596. The highest BCUT2D eigenvalue weighted by molar-refractivity contribution is 5.77. The molecule has 0 fully saturated rings. The molecule has 0 radical (unpaired) electrons. The molecule has 0 N–H and O–H groups in total. The van der Waals surface area contributed by atoms with Gasteiger partial charge in [-0.1, -0.05) is 45.4 Å². The molecule has 1 heterocycles. The maximum Gasteiger partial charge on any atom is 0.268 e. The van der Waals surface area contributed by atoms with Gasteiger partial charge in [0.25, 0.3) is 5.43 Å². The van der Waals surface area contributed by atoms with Crippen LogP contribution in [0.5, 0.6) is 5.75 Å². The Morgan fingerprint density at radius 3 is 2.52 bits per heavy atom. The van der Waals surface area contributed by atoms with E-state index in [0.717, 1.165) is 30.8 Å². The fraction of sp³-hybridized carbons (Fsp3) is 0.429. The van der Waals surface area contributed by atoms with Gasteiger partial charge in [0, 0.05) is 23.3 Å². The molecule has 2 aromatic rings. The van der Waals surface area contributed by atoms with Crippen LogP contribution in [0.25, 0.3) is 6.08 Å². The average Bonchev–Trinajstić information content (AvgIpc) is 2.84. The number of ether oxygens (including phenoxy) is 1. The summed E-state index contributed by atoms with van der Waals surface area (Å²) in [4.78, 5) is 26.2. The van der Waals surface area contributed by atoms with Crippen LogP contribution in [0.3, 0.4) is 0 Å². The highest BCUT2D eigenvalue weighted by Crippen LogP contribution is 2.48. The van der Waals surface area contributed by atoms with Crippen molar-refractivity contribution < 1.29 is 4.74 Å². The highest BCUT2D eigenvalue weighted by Gasteiger charge is 2.40. The molecule has 4 heteroatoms. The molecule has 132 valence electrons. The van der Waals surface area contributed by atoms with Crippen molar-refractivity contribution in [1.29, 1.82) is 0 Å². The third-order valence-corrected chi connectivity index (χ3v) is 5.04. The first-order valence-corrected chi connectivity index (χ1v) is 8.98. The molecular formula is C21H25NO3. The fourth-order valence-corrected chi connectivity index (χ4v) is 3.56. The summed E-state index contributed by atoms with van der Waals surface area (Å²) in [5, 5.41) is 0. The van der Waals surface area contributed by atoms with Crippen molar-refractivity contribution in [3.63, 3.8) is 0 Å². The van der Waals surface area contributed by atoms with E-state index in [4.69, 9.17) is 4.74 Å². The number of likely N-dealkylation sites (N-methyl/N-ethyl adjacent to an activating group) is 1. The molecule has 0 atom stereocenters. The number of unbranched alkanes of at least 4 members (excludes halogenated alkanes) is 1. The van der Waals surface area contributed by atoms with Crippen LogP contribution >= 0.6 is 0 Å². The van der Waals surface area contributed by atoms with Gasteiger partial charge < -0.3 is 9.64 Å². The van der Waals surface area contributed by atoms with E-state index in [2.05, 4.69) is 44.7 Å². The molecule has 0 spiro atoms. The second kappa shape index (κ2) is 6.51. The van der Waals surface area contributed by atoms with Gasteiger partial charge in [-0.25, -0.2) is 0 Å². The van der Waals surface area contributed by atoms with Gasteiger partial charge in [-0.05, 0) is 31.1 Å². The predicted molar refractivity (Wildman–Crippen MR) is 102 cm³/mol. The van der Waals surface area contributed by atoms with Gasteiger partial charge in [-0.3, -0.25) is 9.59 Å². The molecule has 0 unspecified atom stereocenters. The fourth-order valence-electron chi connectivity index (χ4n) is 3.56. The minimum atomic E-state index is -0.501. The minimum absolute atomic E-state index is 0.229. The molecule has 0 saturated carbocycles. The molecule has 2 aromatic carbocycles. The number of benzene rings is 1. The molecule has 4 nitrogen and oxygen atoms in total. The summed E-state index contributed by atoms with van der Waals surface area (Å²) in [5.41, 5.74) is 2.66. The van der Waals surface area contributed by atoms with Crippen LogP contribution in [0.15, 0.2) is 39.6 Å². The van der Waals surface area contributed by atoms with E-state index in [1.165, 1.54) is 5.56 Å². The lowest BCUT2D eigenvalue weighted by Gasteiger charge is -2.26. The summed E-state index contributed by atoms with van der Waals surface area (Å²) in [5.74, 6) is 0.230. The van der Waals surface area contributed by atoms with Crippen molar-refractivity contribution in [2.24, 2.45) is 0 Å². The summed E-state index contributed by atoms with van der Waals surface area (Å²) in [7, 11) is 0. The van der Waals surface area contributed by atoms with Crippen molar-refractivity contribution in [2.75, 3.05) is 18.1 Å². The summed E-state index contributed by atoms with van der Waals surface area (Å²) >= 11 is 0. The first kappa shape index (κ1) is 17.5. The zero-order valence-corrected chi connectivity index (χ0v) is 15.4. The summed E-state index contributed by atoms with van der Waals surface area (Å²) < 4.78 is 5.58. The summed E-state index contributed by atoms with van der Waals surface area (Å²) in [6, 6.07) is 8.28. The highest BCUT2D eigenvalue weighted by atomic mass is 16.5. The van der Waals surface area contributed by atoms with Crippen LogP contribution in [-0.4, -0.2) is 13.2 Å². The molecule has 0 amide bonds. The van der Waals surface area contributed by atoms with Gasteiger partial charge in [0.15, 0.2) is 5.75 Å².